The number of phenolic OH excluding ortho intramolecular Hbond substituents is 1. The average molecular weight is 677 g/mol. The number of aromatic nitrogens is 2. The van der Waals surface area contributed by atoms with Gasteiger partial charge in [0.2, 0.25) is 0 Å². The molecule has 2 aliphatic heterocycles. The summed E-state index contributed by atoms with van der Waals surface area (Å²) in [5.41, 5.74) is 18.5. The van der Waals surface area contributed by atoms with Gasteiger partial charge < -0.3 is 40.7 Å². The number of pyridine rings is 2. The number of allylic oxidation sites excluding steroid dienone is 4. The number of hydrogen-bond acceptors (Lipinski definition) is 12. The fraction of sp³-hybridized carbons (Fsp3) is 0.316. The number of anilines is 2. The third-order valence-electron chi connectivity index (χ3n) is 10.8. The summed E-state index contributed by atoms with van der Waals surface area (Å²) in [4.78, 5) is 36.0. The molecule has 4 aliphatic rings. The number of carbonyl (C=O) groups is 1. The van der Waals surface area contributed by atoms with Gasteiger partial charge in [0.1, 0.15) is 52.6 Å². The summed E-state index contributed by atoms with van der Waals surface area (Å²) >= 11 is 0. The van der Waals surface area contributed by atoms with Crippen LogP contribution in [0.1, 0.15) is 59.4 Å². The Labute approximate surface area is 286 Å². The van der Waals surface area contributed by atoms with Gasteiger partial charge in [-0.25, -0.2) is 14.8 Å². The number of fused-ring (bicyclic) bond motifs is 7. The molecule has 3 aromatic heterocycles. The van der Waals surface area contributed by atoms with E-state index in [4.69, 9.17) is 25.4 Å². The van der Waals surface area contributed by atoms with E-state index in [0.717, 1.165) is 45.0 Å². The van der Waals surface area contributed by atoms with Gasteiger partial charge in [0.05, 0.1) is 12.2 Å². The molecule has 12 heteroatoms. The first-order valence-corrected chi connectivity index (χ1v) is 16.6. The van der Waals surface area contributed by atoms with Crippen molar-refractivity contribution in [3.05, 3.63) is 109 Å². The summed E-state index contributed by atoms with van der Waals surface area (Å²) in [7, 11) is 0. The van der Waals surface area contributed by atoms with Gasteiger partial charge in [-0.2, -0.15) is 0 Å². The molecule has 0 spiro atoms. The van der Waals surface area contributed by atoms with Crippen molar-refractivity contribution in [3.8, 4) is 11.5 Å². The van der Waals surface area contributed by atoms with Crippen molar-refractivity contribution in [3.63, 3.8) is 0 Å². The Kier molecular flexibility index (Phi) is 7.35. The highest BCUT2D eigenvalue weighted by molar-refractivity contribution is 5.94. The molecular formula is C38H36N4O8. The van der Waals surface area contributed by atoms with Crippen LogP contribution in [0.5, 0.6) is 11.5 Å². The highest BCUT2D eigenvalue weighted by atomic mass is 16.6. The molecule has 12 nitrogen and oxygen atoms in total. The van der Waals surface area contributed by atoms with E-state index in [1.807, 2.05) is 19.1 Å². The smallest absolute Gasteiger partial charge is 0.336 e. The normalized spacial score (nSPS) is 22.2. The Bertz CT molecular complexity index is 2300. The van der Waals surface area contributed by atoms with Crippen LogP contribution < -0.4 is 21.6 Å². The maximum atomic E-state index is 13.6. The second-order valence-electron chi connectivity index (χ2n) is 13.5. The fourth-order valence-electron chi connectivity index (χ4n) is 8.26. The predicted molar refractivity (Wildman–Crippen MR) is 184 cm³/mol. The van der Waals surface area contributed by atoms with Crippen LogP contribution in [0.15, 0.2) is 68.7 Å². The molecule has 2 aliphatic carbocycles. The van der Waals surface area contributed by atoms with Gasteiger partial charge in [-0.1, -0.05) is 17.7 Å². The van der Waals surface area contributed by atoms with Crippen molar-refractivity contribution in [2.45, 2.75) is 64.3 Å². The second-order valence-corrected chi connectivity index (χ2v) is 13.5. The van der Waals surface area contributed by atoms with Crippen molar-refractivity contribution in [1.29, 1.82) is 0 Å². The average Bonchev–Trinajstić information content (AvgIpc) is 3.40. The van der Waals surface area contributed by atoms with Crippen LogP contribution in [0.3, 0.4) is 0 Å². The molecule has 8 rings (SSSR count). The van der Waals surface area contributed by atoms with Crippen LogP contribution in [0.2, 0.25) is 0 Å². The Morgan fingerprint density at radius 3 is 2.70 bits per heavy atom. The topological polar surface area (TPSA) is 204 Å². The molecule has 0 amide bonds. The van der Waals surface area contributed by atoms with E-state index in [1.165, 1.54) is 6.08 Å². The first-order chi connectivity index (χ1) is 24.1. The first-order valence-electron chi connectivity index (χ1n) is 16.6. The summed E-state index contributed by atoms with van der Waals surface area (Å²) in [5, 5.41) is 31.7. The van der Waals surface area contributed by atoms with E-state index in [0.29, 0.717) is 42.2 Å². The maximum Gasteiger partial charge on any atom is 0.336 e. The molecule has 5 heterocycles. The fourth-order valence-corrected chi connectivity index (χ4v) is 8.26. The van der Waals surface area contributed by atoms with Gasteiger partial charge in [0, 0.05) is 53.9 Å². The molecule has 256 valence electrons. The number of rotatable bonds is 4. The minimum absolute atomic E-state index is 0.00763. The van der Waals surface area contributed by atoms with E-state index in [1.54, 1.807) is 19.3 Å². The number of hydrogen-bond donors (Lipinski definition) is 5. The number of aromatic hydroxyl groups is 1. The number of esters is 1. The van der Waals surface area contributed by atoms with Crippen molar-refractivity contribution < 1.29 is 34.0 Å². The number of phenols is 1. The lowest BCUT2D eigenvalue weighted by Crippen LogP contribution is -2.57. The zero-order valence-corrected chi connectivity index (χ0v) is 27.6. The molecule has 4 aromatic rings. The Morgan fingerprint density at radius 1 is 1.12 bits per heavy atom. The van der Waals surface area contributed by atoms with Crippen LogP contribution in [0, 0.1) is 5.92 Å². The Hall–Kier alpha value is -5.46. The molecule has 0 fully saturated rings. The summed E-state index contributed by atoms with van der Waals surface area (Å²) in [6.07, 6.45) is 7.88. The lowest BCUT2D eigenvalue weighted by atomic mass is 9.69. The van der Waals surface area contributed by atoms with Crippen LogP contribution in [0.4, 0.5) is 11.6 Å². The molecule has 3 atom stereocenters. The Balaban J connectivity index is 1.47. The van der Waals surface area contributed by atoms with Crippen molar-refractivity contribution in [2.75, 3.05) is 18.1 Å². The van der Waals surface area contributed by atoms with Gasteiger partial charge in [0.25, 0.3) is 0 Å². The van der Waals surface area contributed by atoms with Crippen LogP contribution in [0.25, 0.3) is 16.5 Å². The zero-order chi connectivity index (χ0) is 35.1. The van der Waals surface area contributed by atoms with Crippen LogP contribution >= 0.6 is 0 Å². The zero-order valence-electron chi connectivity index (χ0n) is 27.6. The van der Waals surface area contributed by atoms with E-state index in [-0.39, 0.29) is 46.5 Å². The first kappa shape index (κ1) is 31.8. The number of benzene rings is 1. The van der Waals surface area contributed by atoms with E-state index >= 15 is 0 Å². The second kappa shape index (κ2) is 11.6. The minimum Gasteiger partial charge on any atom is -0.507 e. The van der Waals surface area contributed by atoms with Crippen LogP contribution in [-0.4, -0.2) is 49.6 Å². The molecule has 0 radical (unpaired) electrons. The van der Waals surface area contributed by atoms with Gasteiger partial charge in [-0.15, -0.1) is 0 Å². The minimum atomic E-state index is -1.29. The van der Waals surface area contributed by atoms with Crippen LogP contribution in [-0.2, 0) is 41.8 Å². The number of nitrogens with zero attached hydrogens (tertiary/aromatic N) is 2. The maximum absolute atomic E-state index is 13.6. The molecule has 50 heavy (non-hydrogen) atoms. The number of nitrogens with two attached hydrogens (primary N) is 2. The summed E-state index contributed by atoms with van der Waals surface area (Å²) in [5.74, 6) is -0.487. The third kappa shape index (κ3) is 4.66. The van der Waals surface area contributed by atoms with E-state index in [9.17, 15) is 24.9 Å². The number of aliphatic hydroxyl groups excluding tert-OH is 2. The molecule has 1 aromatic carbocycles. The third-order valence-corrected chi connectivity index (χ3v) is 10.8. The summed E-state index contributed by atoms with van der Waals surface area (Å²) < 4.78 is 19.6. The standard InChI is InChI=1S/C38H36N4O8/c1-3-17(15-43)37(47)49-28-13-24-33(46)32-27(45)12-22(16-44)48-35(32)25-9-19-6-7-41-36(40)31(19)23-5-4-18-8-20-11-29(39)42-14-21(20)10-26(30(18)23)38(28,2)50-34(24)25/h3,5-7,11-12,14,26,28,43-44,46H,4,8-10,13,15-16H2,1-2H3,(H2,39,42)(H2,40,41)/b17-3-/t26-,28+,38-/m0/s1. The largest absolute Gasteiger partial charge is 0.507 e. The monoisotopic (exact) mass is 676 g/mol. The molecule has 0 saturated carbocycles. The number of nitrogen functional groups attached to an aromatic ring is 2. The van der Waals surface area contributed by atoms with Gasteiger partial charge in [0.15, 0.2) is 11.0 Å². The molecule has 7 N–H and O–H groups in total. The van der Waals surface area contributed by atoms with Gasteiger partial charge >= 0.3 is 5.97 Å². The van der Waals surface area contributed by atoms with Crippen molar-refractivity contribution in [1.82, 2.24) is 9.97 Å². The molecule has 0 saturated heterocycles. The highest BCUT2D eigenvalue weighted by Gasteiger charge is 2.54. The van der Waals surface area contributed by atoms with Crippen molar-refractivity contribution >= 4 is 34.1 Å². The lowest BCUT2D eigenvalue weighted by Gasteiger charge is -2.48. The van der Waals surface area contributed by atoms with E-state index in [2.05, 4.69) is 16.0 Å². The molecule has 0 unspecified atom stereocenters. The highest BCUT2D eigenvalue weighted by Crippen LogP contribution is 2.56. The van der Waals surface area contributed by atoms with Gasteiger partial charge in [-0.05, 0) is 73.1 Å². The predicted octanol–water partition coefficient (Wildman–Crippen LogP) is 3.59. The lowest BCUT2D eigenvalue weighted by molar-refractivity contribution is -0.163. The van der Waals surface area contributed by atoms with E-state index < -0.39 is 42.2 Å². The Morgan fingerprint density at radius 2 is 1.94 bits per heavy atom. The quantitative estimate of drug-likeness (QED) is 0.155. The summed E-state index contributed by atoms with van der Waals surface area (Å²) in [6, 6.07) is 4.91. The number of carbonyl (C=O) groups excluding carboxylic acids is 1. The molecule has 2 bridgehead atoms. The summed E-state index contributed by atoms with van der Waals surface area (Å²) in [6.45, 7) is 2.47. The van der Waals surface area contributed by atoms with Crippen molar-refractivity contribution in [2.24, 2.45) is 5.92 Å². The molecular weight excluding hydrogens is 640 g/mol. The number of ether oxygens (including phenoxy) is 2. The number of aliphatic hydroxyl groups is 2. The SMILES string of the molecule is C/C=C(/CO)C(=O)O[C@@H]1Cc2c3c(c4oc(CO)cc(=O)c4c2O)Cc2ccnc(N)c2C2=CCC4=C2[C@H](Cc2cnc(N)cc2C4)[C@]1(C)O3. The van der Waals surface area contributed by atoms with Gasteiger partial charge in [-0.3, -0.25) is 4.79 Å².